The molecular weight excluding hydrogens is 444 g/mol. The van der Waals surface area contributed by atoms with E-state index in [1.165, 1.54) is 35.7 Å². The van der Waals surface area contributed by atoms with E-state index in [-0.39, 0.29) is 0 Å². The second kappa shape index (κ2) is 6.83. The first-order valence-electron chi connectivity index (χ1n) is 7.38. The maximum Gasteiger partial charge on any atom is 0.0435 e. The topological polar surface area (TPSA) is 0 Å². The minimum atomic E-state index is 0.454. The van der Waals surface area contributed by atoms with Crippen molar-refractivity contribution in [3.05, 3.63) is 32.7 Å². The summed E-state index contributed by atoms with van der Waals surface area (Å²) in [5.41, 5.74) is 1.84. The monoisotopic (exact) mass is 464 g/mol. The van der Waals surface area contributed by atoms with Crippen molar-refractivity contribution in [3.8, 4) is 0 Å². The van der Waals surface area contributed by atoms with Crippen molar-refractivity contribution in [2.75, 3.05) is 0 Å². The molecule has 1 aliphatic carbocycles. The number of benzene rings is 1. The zero-order valence-electron chi connectivity index (χ0n) is 12.4. The van der Waals surface area contributed by atoms with Crippen molar-refractivity contribution in [3.63, 3.8) is 0 Å². The predicted molar refractivity (Wildman–Crippen MR) is 98.4 cm³/mol. The molecule has 1 aromatic rings. The van der Waals surface area contributed by atoms with Gasteiger partial charge in [0.1, 0.15) is 0 Å². The molecule has 0 aliphatic heterocycles. The highest BCUT2D eigenvalue weighted by Gasteiger charge is 2.33. The molecule has 1 fully saturated rings. The molecule has 20 heavy (non-hydrogen) atoms. The molecule has 1 atom stereocenters. The summed E-state index contributed by atoms with van der Waals surface area (Å²) >= 11 is 11.2. The Labute approximate surface area is 148 Å². The molecule has 3 heteroatoms. The maximum atomic E-state index is 3.95. The number of alkyl halides is 1. The van der Waals surface area contributed by atoms with Crippen LogP contribution in [0.3, 0.4) is 0 Å². The van der Waals surface area contributed by atoms with Gasteiger partial charge in [0.15, 0.2) is 0 Å². The smallest absolute Gasteiger partial charge is 0.0435 e. The van der Waals surface area contributed by atoms with Crippen LogP contribution < -0.4 is 0 Å². The molecule has 0 heterocycles. The van der Waals surface area contributed by atoms with Gasteiger partial charge in [-0.3, -0.25) is 0 Å². The van der Waals surface area contributed by atoms with Crippen LogP contribution in [0.15, 0.2) is 27.1 Å². The molecule has 0 nitrogen and oxygen atoms in total. The summed E-state index contributed by atoms with van der Waals surface area (Å²) < 4.78 is 2.36. The highest BCUT2D eigenvalue weighted by Crippen LogP contribution is 2.47. The minimum absolute atomic E-state index is 0.454. The summed E-state index contributed by atoms with van der Waals surface area (Å²) in [7, 11) is 0. The summed E-state index contributed by atoms with van der Waals surface area (Å²) in [4.78, 5) is 0.454. The third-order valence-corrected chi connectivity index (χ3v) is 7.12. The Morgan fingerprint density at radius 3 is 2.20 bits per heavy atom. The van der Waals surface area contributed by atoms with E-state index < -0.39 is 0 Å². The lowest BCUT2D eigenvalue weighted by molar-refractivity contribution is 0.149. The van der Waals surface area contributed by atoms with Gasteiger partial charge in [-0.1, -0.05) is 68.6 Å². The summed E-state index contributed by atoms with van der Waals surface area (Å²) in [5, 5.41) is 0. The van der Waals surface area contributed by atoms with Gasteiger partial charge in [0.05, 0.1) is 0 Å². The van der Waals surface area contributed by atoms with Crippen molar-refractivity contribution in [2.24, 2.45) is 17.3 Å². The molecule has 1 saturated carbocycles. The van der Waals surface area contributed by atoms with Crippen LogP contribution in [0, 0.1) is 17.3 Å². The van der Waals surface area contributed by atoms with Gasteiger partial charge in [-0.15, -0.1) is 0 Å². The van der Waals surface area contributed by atoms with Crippen molar-refractivity contribution in [2.45, 2.75) is 51.3 Å². The van der Waals surface area contributed by atoms with Crippen molar-refractivity contribution in [1.29, 1.82) is 0 Å². The number of hydrogen-bond donors (Lipinski definition) is 0. The van der Waals surface area contributed by atoms with E-state index in [0.29, 0.717) is 10.2 Å². The van der Waals surface area contributed by atoms with Crippen LogP contribution in [-0.4, -0.2) is 0 Å². The van der Waals surface area contributed by atoms with Crippen LogP contribution in [0.2, 0.25) is 0 Å². The Bertz CT molecular complexity index is 454. The fraction of sp³-hybridized carbons (Fsp3) is 0.647. The first-order valence-corrected chi connectivity index (χ1v) is 9.88. The van der Waals surface area contributed by atoms with Gasteiger partial charge in [-0.05, 0) is 66.7 Å². The fourth-order valence-corrected chi connectivity index (χ4v) is 5.34. The second-order valence-electron chi connectivity index (χ2n) is 7.05. The van der Waals surface area contributed by atoms with Crippen LogP contribution >= 0.6 is 47.8 Å². The average molecular weight is 467 g/mol. The molecule has 0 spiro atoms. The first kappa shape index (κ1) is 17.0. The largest absolute Gasteiger partial charge is 0.0835 e. The normalized spacial score (nSPS) is 25.5. The molecule has 112 valence electrons. The van der Waals surface area contributed by atoms with Gasteiger partial charge in [-0.2, -0.15) is 0 Å². The van der Waals surface area contributed by atoms with E-state index >= 15 is 0 Å². The molecule has 1 aliphatic rings. The van der Waals surface area contributed by atoms with Gasteiger partial charge in [0.25, 0.3) is 0 Å². The molecule has 0 bridgehead atoms. The van der Waals surface area contributed by atoms with Crippen LogP contribution in [0.4, 0.5) is 0 Å². The molecule has 0 saturated heterocycles. The molecule has 2 rings (SSSR count). The lowest BCUT2D eigenvalue weighted by Crippen LogP contribution is -2.27. The average Bonchev–Trinajstić information content (AvgIpc) is 2.40. The van der Waals surface area contributed by atoms with Gasteiger partial charge in [-0.25, -0.2) is 0 Å². The molecule has 1 unspecified atom stereocenters. The summed E-state index contributed by atoms with van der Waals surface area (Å²) in [5.74, 6) is 1.63. The quantitative estimate of drug-likeness (QED) is 0.396. The molecule has 0 N–H and O–H groups in total. The summed E-state index contributed by atoms with van der Waals surface area (Å²) in [6, 6.07) is 6.46. The molecule has 0 radical (unpaired) electrons. The second-order valence-corrected chi connectivity index (χ2v) is 9.80. The van der Waals surface area contributed by atoms with Crippen LogP contribution in [-0.2, 0) is 0 Å². The van der Waals surface area contributed by atoms with Crippen molar-refractivity contribution < 1.29 is 0 Å². The highest BCUT2D eigenvalue weighted by molar-refractivity contribution is 9.11. The standard InChI is InChI=1S/C17H23Br3/c1-17(2,3)12-6-4-11(5-7-12)16(20)14-10-13(18)8-9-15(14)19/h8-12,16H,4-7H2,1-3H3. The van der Waals surface area contributed by atoms with E-state index in [0.717, 1.165) is 16.3 Å². The van der Waals surface area contributed by atoms with E-state index in [1.807, 2.05) is 0 Å². The van der Waals surface area contributed by atoms with Crippen molar-refractivity contribution in [1.82, 2.24) is 0 Å². The van der Waals surface area contributed by atoms with E-state index in [2.05, 4.69) is 86.8 Å². The Kier molecular flexibility index (Phi) is 5.81. The highest BCUT2D eigenvalue weighted by atomic mass is 79.9. The van der Waals surface area contributed by atoms with Gasteiger partial charge < -0.3 is 0 Å². The minimum Gasteiger partial charge on any atom is -0.0835 e. The predicted octanol–water partition coefficient (Wildman–Crippen LogP) is 7.50. The lowest BCUT2D eigenvalue weighted by atomic mass is 9.69. The number of rotatable bonds is 2. The summed E-state index contributed by atoms with van der Waals surface area (Å²) in [6.07, 6.45) is 5.39. The third-order valence-electron chi connectivity index (χ3n) is 4.67. The van der Waals surface area contributed by atoms with Crippen molar-refractivity contribution >= 4 is 47.8 Å². The van der Waals surface area contributed by atoms with Gasteiger partial charge >= 0.3 is 0 Å². The Hall–Kier alpha value is 0.660. The zero-order valence-corrected chi connectivity index (χ0v) is 17.2. The van der Waals surface area contributed by atoms with Crippen LogP contribution in [0.25, 0.3) is 0 Å². The summed E-state index contributed by atoms with van der Waals surface area (Å²) in [6.45, 7) is 7.15. The van der Waals surface area contributed by atoms with Gasteiger partial charge in [0, 0.05) is 13.8 Å². The lowest BCUT2D eigenvalue weighted by Gasteiger charge is -2.38. The number of hydrogen-bond acceptors (Lipinski definition) is 0. The fourth-order valence-electron chi connectivity index (χ4n) is 3.26. The third kappa shape index (κ3) is 4.10. The Morgan fingerprint density at radius 2 is 1.65 bits per heavy atom. The van der Waals surface area contributed by atoms with Crippen LogP contribution in [0.5, 0.6) is 0 Å². The van der Waals surface area contributed by atoms with E-state index in [9.17, 15) is 0 Å². The molecule has 0 amide bonds. The SMILES string of the molecule is CC(C)(C)C1CCC(C(Br)c2cc(Br)ccc2Br)CC1. The maximum absolute atomic E-state index is 3.95. The van der Waals surface area contributed by atoms with E-state index in [1.54, 1.807) is 0 Å². The zero-order chi connectivity index (χ0) is 14.9. The number of halogens is 3. The molecule has 0 aromatic heterocycles. The molecular formula is C17H23Br3. The van der Waals surface area contributed by atoms with E-state index in [4.69, 9.17) is 0 Å². The van der Waals surface area contributed by atoms with Crippen LogP contribution in [0.1, 0.15) is 56.8 Å². The van der Waals surface area contributed by atoms with Gasteiger partial charge in [0.2, 0.25) is 0 Å². The Balaban J connectivity index is 2.05. The first-order chi connectivity index (χ1) is 9.29. The molecule has 1 aromatic carbocycles. The Morgan fingerprint density at radius 1 is 1.05 bits per heavy atom.